The number of hydrogen-bond donors (Lipinski definition) is 1. The average Bonchev–Trinajstić information content (AvgIpc) is 2.81. The lowest BCUT2D eigenvalue weighted by Gasteiger charge is -2.35. The molecule has 0 aliphatic carbocycles. The second-order valence-electron chi connectivity index (χ2n) is 5.32. The third-order valence-corrected chi connectivity index (χ3v) is 4.93. The summed E-state index contributed by atoms with van der Waals surface area (Å²) in [6.07, 6.45) is 5.21. The van der Waals surface area contributed by atoms with Gasteiger partial charge in [0.2, 0.25) is 0 Å². The molecule has 2 aliphatic rings. The standard InChI is InChI=1S/C14H18BrClN2/c15-10-3-4-13(16)14(8-10)17-11-5-7-18-6-1-2-12(18)9-11/h3-4,8,11-12,17H,1-2,5-7,9H2. The van der Waals surface area contributed by atoms with Crippen LogP contribution in [0.5, 0.6) is 0 Å². The molecule has 98 valence electrons. The van der Waals surface area contributed by atoms with Gasteiger partial charge < -0.3 is 10.2 Å². The summed E-state index contributed by atoms with van der Waals surface area (Å²) in [4.78, 5) is 2.64. The predicted octanol–water partition coefficient (Wildman–Crippen LogP) is 4.14. The molecule has 0 amide bonds. The van der Waals surface area contributed by atoms with E-state index >= 15 is 0 Å². The van der Waals surface area contributed by atoms with Gasteiger partial charge in [0.05, 0.1) is 10.7 Å². The Morgan fingerprint density at radius 3 is 3.06 bits per heavy atom. The van der Waals surface area contributed by atoms with Gasteiger partial charge in [-0.15, -0.1) is 0 Å². The van der Waals surface area contributed by atoms with Gasteiger partial charge in [-0.25, -0.2) is 0 Å². The van der Waals surface area contributed by atoms with Gasteiger partial charge in [-0.1, -0.05) is 27.5 Å². The minimum absolute atomic E-state index is 0.566. The molecule has 3 rings (SSSR count). The highest BCUT2D eigenvalue weighted by Gasteiger charge is 2.31. The van der Waals surface area contributed by atoms with Crippen LogP contribution in [0.1, 0.15) is 25.7 Å². The molecule has 1 N–H and O–H groups in total. The Bertz CT molecular complexity index is 438. The minimum atomic E-state index is 0.566. The summed E-state index contributed by atoms with van der Waals surface area (Å²) in [5.41, 5.74) is 1.06. The average molecular weight is 330 g/mol. The quantitative estimate of drug-likeness (QED) is 0.877. The summed E-state index contributed by atoms with van der Waals surface area (Å²) in [6, 6.07) is 7.35. The van der Waals surface area contributed by atoms with E-state index in [-0.39, 0.29) is 0 Å². The van der Waals surface area contributed by atoms with Crippen LogP contribution in [0.4, 0.5) is 5.69 Å². The summed E-state index contributed by atoms with van der Waals surface area (Å²) in [5, 5.41) is 4.43. The molecule has 0 bridgehead atoms. The van der Waals surface area contributed by atoms with Crippen molar-refractivity contribution in [1.82, 2.24) is 4.90 Å². The van der Waals surface area contributed by atoms with Gasteiger partial charge in [-0.05, 0) is 50.4 Å². The number of fused-ring (bicyclic) bond motifs is 1. The van der Waals surface area contributed by atoms with E-state index in [0.29, 0.717) is 6.04 Å². The van der Waals surface area contributed by atoms with Gasteiger partial charge in [0, 0.05) is 23.1 Å². The molecular formula is C14H18BrClN2. The van der Waals surface area contributed by atoms with Gasteiger partial charge in [0.1, 0.15) is 0 Å². The fraction of sp³-hybridized carbons (Fsp3) is 0.571. The highest BCUT2D eigenvalue weighted by Crippen LogP contribution is 2.31. The van der Waals surface area contributed by atoms with Crippen molar-refractivity contribution in [3.8, 4) is 0 Å². The van der Waals surface area contributed by atoms with E-state index in [1.54, 1.807) is 0 Å². The molecule has 4 heteroatoms. The number of benzene rings is 1. The minimum Gasteiger partial charge on any atom is -0.381 e. The van der Waals surface area contributed by atoms with E-state index < -0.39 is 0 Å². The van der Waals surface area contributed by atoms with Crippen LogP contribution >= 0.6 is 27.5 Å². The molecule has 2 saturated heterocycles. The summed E-state index contributed by atoms with van der Waals surface area (Å²) >= 11 is 9.73. The molecule has 0 spiro atoms. The lowest BCUT2D eigenvalue weighted by atomic mass is 9.97. The molecular weight excluding hydrogens is 312 g/mol. The molecule has 0 saturated carbocycles. The first-order chi connectivity index (χ1) is 8.72. The van der Waals surface area contributed by atoms with Crippen LogP contribution < -0.4 is 5.32 Å². The Labute approximate surface area is 122 Å². The van der Waals surface area contributed by atoms with E-state index in [1.807, 2.05) is 12.1 Å². The van der Waals surface area contributed by atoms with Gasteiger partial charge in [0.25, 0.3) is 0 Å². The fourth-order valence-electron chi connectivity index (χ4n) is 3.18. The zero-order valence-electron chi connectivity index (χ0n) is 10.3. The Morgan fingerprint density at radius 1 is 1.28 bits per heavy atom. The third-order valence-electron chi connectivity index (χ3n) is 4.11. The summed E-state index contributed by atoms with van der Waals surface area (Å²) < 4.78 is 1.08. The van der Waals surface area contributed by atoms with Crippen LogP contribution in [0.3, 0.4) is 0 Å². The highest BCUT2D eigenvalue weighted by molar-refractivity contribution is 9.10. The first-order valence-corrected chi connectivity index (χ1v) is 7.85. The lowest BCUT2D eigenvalue weighted by molar-refractivity contribution is 0.188. The van der Waals surface area contributed by atoms with Gasteiger partial charge >= 0.3 is 0 Å². The van der Waals surface area contributed by atoms with Crippen LogP contribution in [-0.2, 0) is 0 Å². The number of nitrogens with one attached hydrogen (secondary N) is 1. The van der Waals surface area contributed by atoms with Crippen LogP contribution in [0.25, 0.3) is 0 Å². The van der Waals surface area contributed by atoms with Gasteiger partial charge in [0.15, 0.2) is 0 Å². The molecule has 2 atom stereocenters. The summed E-state index contributed by atoms with van der Waals surface area (Å²) in [5.74, 6) is 0. The molecule has 0 radical (unpaired) electrons. The van der Waals surface area contributed by atoms with E-state index in [4.69, 9.17) is 11.6 Å². The van der Waals surface area contributed by atoms with Crippen molar-refractivity contribution in [2.75, 3.05) is 18.4 Å². The predicted molar refractivity (Wildman–Crippen MR) is 80.4 cm³/mol. The van der Waals surface area contributed by atoms with Crippen LogP contribution in [0.2, 0.25) is 5.02 Å². The third kappa shape index (κ3) is 2.68. The first kappa shape index (κ1) is 12.8. The van der Waals surface area contributed by atoms with Crippen molar-refractivity contribution in [1.29, 1.82) is 0 Å². The zero-order chi connectivity index (χ0) is 12.5. The highest BCUT2D eigenvalue weighted by atomic mass is 79.9. The number of halogens is 2. The smallest absolute Gasteiger partial charge is 0.0638 e. The Kier molecular flexibility index (Phi) is 3.83. The Morgan fingerprint density at radius 2 is 2.17 bits per heavy atom. The largest absolute Gasteiger partial charge is 0.381 e. The zero-order valence-corrected chi connectivity index (χ0v) is 12.7. The number of rotatable bonds is 2. The van der Waals surface area contributed by atoms with E-state index in [9.17, 15) is 0 Å². The van der Waals surface area contributed by atoms with Crippen molar-refractivity contribution in [3.63, 3.8) is 0 Å². The molecule has 2 nitrogen and oxygen atoms in total. The summed E-state index contributed by atoms with van der Waals surface area (Å²) in [6.45, 7) is 2.53. The van der Waals surface area contributed by atoms with Crippen LogP contribution in [0, 0.1) is 0 Å². The number of piperidine rings is 1. The molecule has 2 unspecified atom stereocenters. The summed E-state index contributed by atoms with van der Waals surface area (Å²) in [7, 11) is 0. The normalized spacial score (nSPS) is 28.1. The van der Waals surface area contributed by atoms with E-state index in [0.717, 1.165) is 21.2 Å². The van der Waals surface area contributed by atoms with E-state index in [2.05, 4.69) is 32.2 Å². The van der Waals surface area contributed by atoms with Crippen molar-refractivity contribution in [3.05, 3.63) is 27.7 Å². The number of hydrogen-bond acceptors (Lipinski definition) is 2. The molecule has 1 aromatic carbocycles. The molecule has 2 heterocycles. The number of anilines is 1. The second-order valence-corrected chi connectivity index (χ2v) is 6.64. The van der Waals surface area contributed by atoms with Crippen molar-refractivity contribution < 1.29 is 0 Å². The SMILES string of the molecule is Clc1ccc(Br)cc1NC1CCN2CCCC2C1. The Balaban J connectivity index is 1.67. The monoisotopic (exact) mass is 328 g/mol. The van der Waals surface area contributed by atoms with Crippen molar-refractivity contribution in [2.24, 2.45) is 0 Å². The van der Waals surface area contributed by atoms with Gasteiger partial charge in [-0.3, -0.25) is 0 Å². The van der Waals surface area contributed by atoms with Gasteiger partial charge in [-0.2, -0.15) is 0 Å². The fourth-order valence-corrected chi connectivity index (χ4v) is 3.72. The molecule has 2 aliphatic heterocycles. The number of nitrogens with zero attached hydrogens (tertiary/aromatic N) is 1. The lowest BCUT2D eigenvalue weighted by Crippen LogP contribution is -2.42. The maximum Gasteiger partial charge on any atom is 0.0638 e. The molecule has 2 fully saturated rings. The van der Waals surface area contributed by atoms with Crippen molar-refractivity contribution in [2.45, 2.75) is 37.8 Å². The molecule has 1 aromatic rings. The maximum atomic E-state index is 6.23. The molecule has 18 heavy (non-hydrogen) atoms. The topological polar surface area (TPSA) is 15.3 Å². The van der Waals surface area contributed by atoms with Crippen molar-refractivity contribution >= 4 is 33.2 Å². The second kappa shape index (κ2) is 5.40. The first-order valence-electron chi connectivity index (χ1n) is 6.68. The van der Waals surface area contributed by atoms with E-state index in [1.165, 1.54) is 38.8 Å². The van der Waals surface area contributed by atoms with Crippen LogP contribution in [-0.4, -0.2) is 30.1 Å². The molecule has 0 aromatic heterocycles. The Hall–Kier alpha value is -0.250. The van der Waals surface area contributed by atoms with Crippen LogP contribution in [0.15, 0.2) is 22.7 Å². The maximum absolute atomic E-state index is 6.23.